The van der Waals surface area contributed by atoms with Crippen LogP contribution in [0.2, 0.25) is 0 Å². The van der Waals surface area contributed by atoms with Gasteiger partial charge in [-0.2, -0.15) is 0 Å². The van der Waals surface area contributed by atoms with Crippen LogP contribution in [0.3, 0.4) is 0 Å². The van der Waals surface area contributed by atoms with Crippen molar-refractivity contribution in [2.45, 2.75) is 26.3 Å². The molecule has 2 N–H and O–H groups in total. The molecule has 10 heavy (non-hydrogen) atoms. The lowest BCUT2D eigenvalue weighted by Crippen LogP contribution is -2.54. The summed E-state index contributed by atoms with van der Waals surface area (Å²) in [6, 6.07) is 0.493. The van der Waals surface area contributed by atoms with Crippen LogP contribution in [0.15, 0.2) is 0 Å². The Morgan fingerprint density at radius 3 is 2.00 bits per heavy atom. The molecule has 0 unspecified atom stereocenters. The van der Waals surface area contributed by atoms with E-state index in [4.69, 9.17) is 5.73 Å². The molecule has 3 saturated heterocycles. The zero-order chi connectivity index (χ0) is 6.27. The molecule has 0 amide bonds. The zero-order valence-electron chi connectivity index (χ0n) is 5.71. The number of hydrogen-bond acceptors (Lipinski definition) is 2. The van der Waals surface area contributed by atoms with Gasteiger partial charge < -0.3 is 10.6 Å². The van der Waals surface area contributed by atoms with Crippen molar-refractivity contribution in [3.8, 4) is 0 Å². The third-order valence-corrected chi connectivity index (χ3v) is 2.71. The minimum atomic E-state index is 0. The summed E-state index contributed by atoms with van der Waals surface area (Å²) < 4.78 is 0. The molecular formula is C8H18N2. The molecule has 0 aromatic carbocycles. The van der Waals surface area contributed by atoms with Gasteiger partial charge in [-0.25, -0.2) is 0 Å². The average Bonchev–Trinajstić information content (AvgIpc) is 1.90. The molecular weight excluding hydrogens is 124 g/mol. The molecule has 0 aromatic rings. The molecule has 3 fully saturated rings. The van der Waals surface area contributed by atoms with Gasteiger partial charge in [-0.3, -0.25) is 0 Å². The Hall–Kier alpha value is -0.0800. The van der Waals surface area contributed by atoms with E-state index in [1.54, 1.807) is 0 Å². The first-order valence-electron chi connectivity index (χ1n) is 3.84. The van der Waals surface area contributed by atoms with Crippen molar-refractivity contribution in [3.05, 3.63) is 0 Å². The molecule has 0 spiro atoms. The topological polar surface area (TPSA) is 29.3 Å². The minimum absolute atomic E-state index is 0. The Balaban J connectivity index is 0.000000500. The summed E-state index contributed by atoms with van der Waals surface area (Å²) in [5.41, 5.74) is 5.88. The van der Waals surface area contributed by atoms with Gasteiger partial charge in [0.25, 0.3) is 0 Å². The monoisotopic (exact) mass is 142 g/mol. The first-order valence-corrected chi connectivity index (χ1v) is 3.84. The van der Waals surface area contributed by atoms with Gasteiger partial charge in [-0.05, 0) is 31.8 Å². The van der Waals surface area contributed by atoms with Gasteiger partial charge in [0.2, 0.25) is 0 Å². The van der Waals surface area contributed by atoms with Crippen molar-refractivity contribution in [2.75, 3.05) is 19.6 Å². The molecule has 3 aliphatic heterocycles. The quantitative estimate of drug-likeness (QED) is 0.539. The summed E-state index contributed by atoms with van der Waals surface area (Å²) in [6.07, 6.45) is 2.70. The summed E-state index contributed by atoms with van der Waals surface area (Å²) >= 11 is 0. The maximum Gasteiger partial charge on any atom is 0.0197 e. The Morgan fingerprint density at radius 2 is 1.80 bits per heavy atom. The van der Waals surface area contributed by atoms with Crippen LogP contribution in [0.5, 0.6) is 0 Å². The van der Waals surface area contributed by atoms with Gasteiger partial charge in [0.05, 0.1) is 0 Å². The van der Waals surface area contributed by atoms with Crippen LogP contribution in [-0.4, -0.2) is 30.6 Å². The van der Waals surface area contributed by atoms with Crippen LogP contribution in [-0.2, 0) is 0 Å². The number of nitrogens with two attached hydrogens (primary N) is 1. The maximum atomic E-state index is 5.88. The highest BCUT2D eigenvalue weighted by atomic mass is 15.2. The molecule has 0 radical (unpaired) electrons. The van der Waals surface area contributed by atoms with Crippen molar-refractivity contribution in [1.82, 2.24) is 4.90 Å². The normalized spacial score (nSPS) is 44.7. The smallest absolute Gasteiger partial charge is 0.0197 e. The first-order chi connectivity index (χ1) is 4.36. The predicted octanol–water partition coefficient (Wildman–Crippen LogP) is 0.675. The van der Waals surface area contributed by atoms with E-state index >= 15 is 0 Å². The van der Waals surface area contributed by atoms with Crippen molar-refractivity contribution in [1.29, 1.82) is 0 Å². The molecule has 1 atom stereocenters. The van der Waals surface area contributed by atoms with E-state index in [2.05, 4.69) is 4.90 Å². The minimum Gasteiger partial charge on any atom is -0.326 e. The SMILES string of the molecule is C.N[C@@H]1CN2CCC1CC2. The van der Waals surface area contributed by atoms with Crippen LogP contribution in [0.25, 0.3) is 0 Å². The molecule has 3 aliphatic rings. The van der Waals surface area contributed by atoms with E-state index in [0.29, 0.717) is 6.04 Å². The van der Waals surface area contributed by atoms with E-state index < -0.39 is 0 Å². The van der Waals surface area contributed by atoms with Crippen LogP contribution in [0, 0.1) is 5.92 Å². The highest BCUT2D eigenvalue weighted by Gasteiger charge is 2.31. The summed E-state index contributed by atoms with van der Waals surface area (Å²) in [4.78, 5) is 2.48. The predicted molar refractivity (Wildman–Crippen MR) is 43.9 cm³/mol. The van der Waals surface area contributed by atoms with Gasteiger partial charge >= 0.3 is 0 Å². The van der Waals surface area contributed by atoms with E-state index in [9.17, 15) is 0 Å². The average molecular weight is 142 g/mol. The summed E-state index contributed by atoms with van der Waals surface area (Å²) in [7, 11) is 0. The van der Waals surface area contributed by atoms with Gasteiger partial charge in [0, 0.05) is 12.6 Å². The molecule has 3 heterocycles. The van der Waals surface area contributed by atoms with Crippen molar-refractivity contribution in [3.63, 3.8) is 0 Å². The van der Waals surface area contributed by atoms with Crippen LogP contribution < -0.4 is 5.73 Å². The van der Waals surface area contributed by atoms with Crippen molar-refractivity contribution in [2.24, 2.45) is 11.7 Å². The third kappa shape index (κ3) is 1.18. The second kappa shape index (κ2) is 2.89. The third-order valence-electron chi connectivity index (χ3n) is 2.71. The van der Waals surface area contributed by atoms with Gasteiger partial charge in [0.15, 0.2) is 0 Å². The highest BCUT2D eigenvalue weighted by molar-refractivity contribution is 4.88. The maximum absolute atomic E-state index is 5.88. The fourth-order valence-corrected chi connectivity index (χ4v) is 2.01. The van der Waals surface area contributed by atoms with Crippen LogP contribution in [0.4, 0.5) is 0 Å². The van der Waals surface area contributed by atoms with E-state index in [1.165, 1.54) is 25.9 Å². The fourth-order valence-electron chi connectivity index (χ4n) is 2.01. The van der Waals surface area contributed by atoms with Gasteiger partial charge in [-0.15, -0.1) is 0 Å². The molecule has 2 heteroatoms. The molecule has 60 valence electrons. The highest BCUT2D eigenvalue weighted by Crippen LogP contribution is 2.25. The summed E-state index contributed by atoms with van der Waals surface area (Å²) in [6.45, 7) is 3.77. The van der Waals surface area contributed by atoms with E-state index in [-0.39, 0.29) is 7.43 Å². The number of rotatable bonds is 0. The number of hydrogen-bond donors (Lipinski definition) is 1. The van der Waals surface area contributed by atoms with Crippen LogP contribution in [0.1, 0.15) is 20.3 Å². The Morgan fingerprint density at radius 1 is 1.20 bits per heavy atom. The molecule has 0 aliphatic carbocycles. The first kappa shape index (κ1) is 8.02. The summed E-state index contributed by atoms with van der Waals surface area (Å²) in [5.74, 6) is 0.856. The lowest BCUT2D eigenvalue weighted by molar-refractivity contribution is 0.0896. The van der Waals surface area contributed by atoms with E-state index in [1.807, 2.05) is 0 Å². The Kier molecular flexibility index (Phi) is 2.32. The molecule has 0 aromatic heterocycles. The molecule has 2 nitrogen and oxygen atoms in total. The lowest BCUT2D eigenvalue weighted by Gasteiger charge is -2.43. The number of nitrogens with zero attached hydrogens (tertiary/aromatic N) is 1. The van der Waals surface area contributed by atoms with Gasteiger partial charge in [0.1, 0.15) is 0 Å². The Labute approximate surface area is 63.4 Å². The standard InChI is InChI=1S/C7H14N2.CH4/c8-7-5-9-3-1-6(7)2-4-9;/h6-7H,1-5,8H2;1H4/t7-;/m1./s1. The van der Waals surface area contributed by atoms with E-state index in [0.717, 1.165) is 12.5 Å². The zero-order valence-corrected chi connectivity index (χ0v) is 5.71. The molecule has 0 saturated carbocycles. The second-order valence-electron chi connectivity index (χ2n) is 3.30. The lowest BCUT2D eigenvalue weighted by atomic mass is 9.85. The van der Waals surface area contributed by atoms with Crippen molar-refractivity contribution >= 4 is 0 Å². The molecule has 2 bridgehead atoms. The van der Waals surface area contributed by atoms with Crippen LogP contribution >= 0.6 is 0 Å². The van der Waals surface area contributed by atoms with Crippen molar-refractivity contribution < 1.29 is 0 Å². The second-order valence-corrected chi connectivity index (χ2v) is 3.30. The number of fused-ring (bicyclic) bond motifs is 3. The number of piperidine rings is 3. The fraction of sp³-hybridized carbons (Fsp3) is 1.00. The largest absolute Gasteiger partial charge is 0.326 e. The Bertz CT molecular complexity index is 106. The summed E-state index contributed by atoms with van der Waals surface area (Å²) in [5, 5.41) is 0. The molecule has 3 rings (SSSR count). The van der Waals surface area contributed by atoms with Gasteiger partial charge in [-0.1, -0.05) is 7.43 Å².